The summed E-state index contributed by atoms with van der Waals surface area (Å²) in [6, 6.07) is 9.05. The molecule has 10 nitrogen and oxygen atoms in total. The number of hydrogen-bond donors (Lipinski definition) is 2. The standard InChI is InChI=1S/C22H22N6O4S/c1-32-19-17-18(15(11-23-19)13-5-3-2-4-6-13)33-20(25-17)26-22(31)27-9-7-14(8-10-27)28-16(29)12-24-21(28)30/h2-6,11,14H,7-10,12H2,1H3,(H,24,30)(H,25,26,31). The molecule has 2 aliphatic rings. The molecule has 2 saturated heterocycles. The quantitative estimate of drug-likeness (QED) is 0.571. The highest BCUT2D eigenvalue weighted by Gasteiger charge is 2.37. The van der Waals surface area contributed by atoms with E-state index in [-0.39, 0.29) is 30.6 Å². The lowest BCUT2D eigenvalue weighted by Crippen LogP contribution is -2.49. The van der Waals surface area contributed by atoms with E-state index in [1.807, 2.05) is 30.3 Å². The topological polar surface area (TPSA) is 117 Å². The van der Waals surface area contributed by atoms with Crippen LogP contribution in [-0.4, -0.2) is 70.5 Å². The van der Waals surface area contributed by atoms with Gasteiger partial charge in [-0.3, -0.25) is 15.0 Å². The van der Waals surface area contributed by atoms with Gasteiger partial charge in [-0.05, 0) is 18.4 Å². The van der Waals surface area contributed by atoms with Crippen molar-refractivity contribution in [1.29, 1.82) is 0 Å². The molecule has 5 rings (SSSR count). The van der Waals surface area contributed by atoms with E-state index < -0.39 is 0 Å². The number of rotatable bonds is 4. The van der Waals surface area contributed by atoms with Gasteiger partial charge in [0.25, 0.3) is 0 Å². The fourth-order valence-electron chi connectivity index (χ4n) is 4.22. The lowest BCUT2D eigenvalue weighted by molar-refractivity contribution is -0.127. The Hall–Kier alpha value is -3.73. The molecular weight excluding hydrogens is 444 g/mol. The summed E-state index contributed by atoms with van der Waals surface area (Å²) in [4.78, 5) is 48.6. The first-order valence-electron chi connectivity index (χ1n) is 10.6. The van der Waals surface area contributed by atoms with Crippen LogP contribution in [0.25, 0.3) is 21.3 Å². The number of piperidine rings is 1. The summed E-state index contributed by atoms with van der Waals surface area (Å²) in [6.45, 7) is 0.928. The molecule has 4 heterocycles. The number of thiazole rings is 1. The van der Waals surface area contributed by atoms with E-state index in [1.165, 1.54) is 23.3 Å². The summed E-state index contributed by atoms with van der Waals surface area (Å²) in [5.41, 5.74) is 2.51. The fraction of sp³-hybridized carbons (Fsp3) is 0.318. The summed E-state index contributed by atoms with van der Waals surface area (Å²) < 4.78 is 6.25. The minimum Gasteiger partial charge on any atom is -0.479 e. The predicted octanol–water partition coefficient (Wildman–Crippen LogP) is 2.92. The Balaban J connectivity index is 1.32. The number of nitrogens with zero attached hydrogens (tertiary/aromatic N) is 4. The van der Waals surface area contributed by atoms with Gasteiger partial charge in [0.1, 0.15) is 5.52 Å². The molecule has 2 aliphatic heterocycles. The maximum Gasteiger partial charge on any atom is 0.324 e. The number of methoxy groups -OCH3 is 1. The Morgan fingerprint density at radius 3 is 2.64 bits per heavy atom. The second-order valence-corrected chi connectivity index (χ2v) is 8.81. The van der Waals surface area contributed by atoms with Gasteiger partial charge in [0, 0.05) is 30.9 Å². The molecule has 2 N–H and O–H groups in total. The van der Waals surface area contributed by atoms with Crippen molar-refractivity contribution in [2.45, 2.75) is 18.9 Å². The second kappa shape index (κ2) is 8.66. The first-order chi connectivity index (χ1) is 16.0. The largest absolute Gasteiger partial charge is 0.479 e. The number of benzene rings is 1. The molecule has 33 heavy (non-hydrogen) atoms. The first kappa shape index (κ1) is 21.1. The van der Waals surface area contributed by atoms with Crippen LogP contribution >= 0.6 is 11.3 Å². The van der Waals surface area contributed by atoms with Gasteiger partial charge >= 0.3 is 12.1 Å². The summed E-state index contributed by atoms with van der Waals surface area (Å²) in [5, 5.41) is 5.88. The molecule has 0 bridgehead atoms. The highest BCUT2D eigenvalue weighted by molar-refractivity contribution is 7.23. The summed E-state index contributed by atoms with van der Waals surface area (Å²) in [7, 11) is 1.54. The molecule has 170 valence electrons. The number of amides is 5. The van der Waals surface area contributed by atoms with Crippen LogP contribution in [0.1, 0.15) is 12.8 Å². The number of carbonyl (C=O) groups excluding carboxylic acids is 3. The van der Waals surface area contributed by atoms with Crippen LogP contribution in [0.3, 0.4) is 0 Å². The smallest absolute Gasteiger partial charge is 0.324 e. The number of likely N-dealkylation sites (tertiary alicyclic amines) is 1. The number of imide groups is 1. The van der Waals surface area contributed by atoms with Crippen molar-refractivity contribution in [3.05, 3.63) is 36.5 Å². The lowest BCUT2D eigenvalue weighted by atomic mass is 10.0. The van der Waals surface area contributed by atoms with E-state index in [1.54, 1.807) is 11.1 Å². The van der Waals surface area contributed by atoms with Crippen molar-refractivity contribution < 1.29 is 19.1 Å². The van der Waals surface area contributed by atoms with Gasteiger partial charge in [-0.15, -0.1) is 0 Å². The van der Waals surface area contributed by atoms with E-state index in [2.05, 4.69) is 20.6 Å². The van der Waals surface area contributed by atoms with Crippen molar-refractivity contribution >= 4 is 44.7 Å². The maximum atomic E-state index is 12.9. The maximum absolute atomic E-state index is 12.9. The minimum atomic E-state index is -0.353. The zero-order chi connectivity index (χ0) is 22.9. The molecule has 0 saturated carbocycles. The SMILES string of the molecule is COc1ncc(-c2ccccc2)c2sc(NC(=O)N3CCC(N4C(=O)CNC4=O)CC3)nc12. The van der Waals surface area contributed by atoms with E-state index in [0.29, 0.717) is 42.5 Å². The van der Waals surface area contributed by atoms with E-state index in [9.17, 15) is 14.4 Å². The van der Waals surface area contributed by atoms with Crippen LogP contribution in [-0.2, 0) is 4.79 Å². The number of anilines is 1. The molecule has 0 aliphatic carbocycles. The number of urea groups is 2. The van der Waals surface area contributed by atoms with Crippen LogP contribution in [0, 0.1) is 0 Å². The fourth-order valence-corrected chi connectivity index (χ4v) is 5.20. The normalized spacial score (nSPS) is 16.9. The number of fused-ring (bicyclic) bond motifs is 1. The molecule has 0 radical (unpaired) electrons. The molecule has 3 aromatic rings. The lowest BCUT2D eigenvalue weighted by Gasteiger charge is -2.34. The van der Waals surface area contributed by atoms with Crippen molar-refractivity contribution in [2.75, 3.05) is 32.1 Å². The third-order valence-electron chi connectivity index (χ3n) is 5.87. The number of carbonyl (C=O) groups is 3. The van der Waals surface area contributed by atoms with Gasteiger partial charge < -0.3 is 15.0 Å². The second-order valence-electron chi connectivity index (χ2n) is 7.81. The molecule has 0 unspecified atom stereocenters. The Morgan fingerprint density at radius 2 is 1.97 bits per heavy atom. The first-order valence-corrected chi connectivity index (χ1v) is 11.4. The Bertz CT molecular complexity index is 1210. The third kappa shape index (κ3) is 3.95. The van der Waals surface area contributed by atoms with E-state index in [0.717, 1.165) is 15.8 Å². The van der Waals surface area contributed by atoms with E-state index in [4.69, 9.17) is 4.74 Å². The Kier molecular flexibility index (Phi) is 5.55. The number of pyridine rings is 1. The third-order valence-corrected chi connectivity index (χ3v) is 6.88. The average Bonchev–Trinajstić information content (AvgIpc) is 3.41. The molecule has 1 aromatic carbocycles. The molecule has 5 amide bonds. The van der Waals surface area contributed by atoms with Gasteiger partial charge in [-0.2, -0.15) is 0 Å². The summed E-state index contributed by atoms with van der Waals surface area (Å²) >= 11 is 1.37. The molecule has 0 atom stereocenters. The minimum absolute atomic E-state index is 0.0421. The summed E-state index contributed by atoms with van der Waals surface area (Å²) in [6.07, 6.45) is 2.84. The molecule has 0 spiro atoms. The zero-order valence-electron chi connectivity index (χ0n) is 17.9. The van der Waals surface area contributed by atoms with Gasteiger partial charge in [0.2, 0.25) is 11.8 Å². The van der Waals surface area contributed by atoms with Crippen LogP contribution < -0.4 is 15.4 Å². The molecule has 2 fully saturated rings. The van der Waals surface area contributed by atoms with Crippen LogP contribution in [0.15, 0.2) is 36.5 Å². The number of aromatic nitrogens is 2. The van der Waals surface area contributed by atoms with Crippen molar-refractivity contribution in [1.82, 2.24) is 25.1 Å². The van der Waals surface area contributed by atoms with Crippen LogP contribution in [0.2, 0.25) is 0 Å². The number of hydrogen-bond acceptors (Lipinski definition) is 7. The van der Waals surface area contributed by atoms with Crippen molar-refractivity contribution in [2.24, 2.45) is 0 Å². The molecule has 11 heteroatoms. The monoisotopic (exact) mass is 466 g/mol. The average molecular weight is 467 g/mol. The van der Waals surface area contributed by atoms with Crippen LogP contribution in [0.5, 0.6) is 5.88 Å². The van der Waals surface area contributed by atoms with E-state index >= 15 is 0 Å². The predicted molar refractivity (Wildman–Crippen MR) is 123 cm³/mol. The van der Waals surface area contributed by atoms with Crippen molar-refractivity contribution in [3.63, 3.8) is 0 Å². The van der Waals surface area contributed by atoms with Gasteiger partial charge in [0.05, 0.1) is 18.4 Å². The summed E-state index contributed by atoms with van der Waals surface area (Å²) in [5.74, 6) is 0.185. The van der Waals surface area contributed by atoms with Gasteiger partial charge in [-0.25, -0.2) is 19.6 Å². The number of nitrogens with one attached hydrogen (secondary N) is 2. The highest BCUT2D eigenvalue weighted by Crippen LogP contribution is 2.38. The zero-order valence-corrected chi connectivity index (χ0v) is 18.7. The van der Waals surface area contributed by atoms with Crippen LogP contribution in [0.4, 0.5) is 14.7 Å². The van der Waals surface area contributed by atoms with Gasteiger partial charge in [0.15, 0.2) is 5.13 Å². The Morgan fingerprint density at radius 1 is 1.21 bits per heavy atom. The molecule has 2 aromatic heterocycles. The molecular formula is C22H22N6O4S. The van der Waals surface area contributed by atoms with Crippen molar-refractivity contribution in [3.8, 4) is 17.0 Å². The van der Waals surface area contributed by atoms with Gasteiger partial charge in [-0.1, -0.05) is 41.7 Å². The Labute approximate surface area is 193 Å². The number of ether oxygens (including phenoxy) is 1. The highest BCUT2D eigenvalue weighted by atomic mass is 32.1.